The number of carbonyl (C=O) groups is 1. The second-order valence-electron chi connectivity index (χ2n) is 13.3. The average Bonchev–Trinajstić information content (AvgIpc) is 3.39. The summed E-state index contributed by atoms with van der Waals surface area (Å²) in [5.74, 6) is 5.65. The second kappa shape index (κ2) is 8.58. The third kappa shape index (κ3) is 3.87. The molecule has 5 rings (SSSR count). The molecular weight excluding hydrogens is 396 g/mol. The molecule has 0 amide bonds. The summed E-state index contributed by atoms with van der Waals surface area (Å²) in [6, 6.07) is 0. The van der Waals surface area contributed by atoms with E-state index in [1.54, 1.807) is 6.92 Å². The molecular formula is C29H48O3. The van der Waals surface area contributed by atoms with E-state index < -0.39 is 0 Å². The van der Waals surface area contributed by atoms with Crippen LogP contribution in [0.4, 0.5) is 0 Å². The zero-order valence-electron chi connectivity index (χ0n) is 21.4. The van der Waals surface area contributed by atoms with Gasteiger partial charge in [-0.1, -0.05) is 47.0 Å². The first-order valence-corrected chi connectivity index (χ1v) is 14.0. The number of hydrogen-bond donors (Lipinski definition) is 0. The molecule has 0 radical (unpaired) electrons. The summed E-state index contributed by atoms with van der Waals surface area (Å²) in [7, 11) is 0. The molecule has 0 aromatic carbocycles. The maximum absolute atomic E-state index is 11.8. The van der Waals surface area contributed by atoms with Crippen LogP contribution in [0.5, 0.6) is 0 Å². The van der Waals surface area contributed by atoms with Gasteiger partial charge in [0.2, 0.25) is 0 Å². The summed E-state index contributed by atoms with van der Waals surface area (Å²) < 4.78 is 11.9. The van der Waals surface area contributed by atoms with Gasteiger partial charge in [-0.3, -0.25) is 4.79 Å². The van der Waals surface area contributed by atoms with Gasteiger partial charge in [-0.05, 0) is 98.2 Å². The highest BCUT2D eigenvalue weighted by molar-refractivity contribution is 5.65. The van der Waals surface area contributed by atoms with Crippen LogP contribution in [0, 0.1) is 52.3 Å². The van der Waals surface area contributed by atoms with Crippen molar-refractivity contribution >= 4 is 5.97 Å². The molecule has 182 valence electrons. The lowest BCUT2D eigenvalue weighted by molar-refractivity contribution is -0.166. The van der Waals surface area contributed by atoms with Crippen molar-refractivity contribution in [3.05, 3.63) is 0 Å². The van der Waals surface area contributed by atoms with Crippen molar-refractivity contribution in [3.8, 4) is 0 Å². The number of rotatable bonds is 7. The van der Waals surface area contributed by atoms with Crippen molar-refractivity contribution in [1.29, 1.82) is 0 Å². The topological polar surface area (TPSA) is 38.8 Å². The smallest absolute Gasteiger partial charge is 0.302 e. The van der Waals surface area contributed by atoms with E-state index in [-0.39, 0.29) is 11.4 Å². The van der Waals surface area contributed by atoms with Crippen molar-refractivity contribution in [2.24, 2.45) is 52.3 Å². The first kappa shape index (κ1) is 23.2. The van der Waals surface area contributed by atoms with E-state index in [1.807, 2.05) is 0 Å². The van der Waals surface area contributed by atoms with Crippen molar-refractivity contribution in [2.75, 3.05) is 6.61 Å². The standard InChI is InChI=1S/C29H48O3/c1-18(2)7-6-8-19(3)23-11-12-24-22-10-9-21-15-26-27(32-26)16-29(21,17-31-20(4)30)25(22)13-14-28(23,24)5/h18-19,21-27H,6-17H2,1-5H3. The summed E-state index contributed by atoms with van der Waals surface area (Å²) in [5.41, 5.74) is 0.718. The van der Waals surface area contributed by atoms with E-state index in [0.717, 1.165) is 41.9 Å². The van der Waals surface area contributed by atoms with Crippen LogP contribution in [0.1, 0.15) is 105 Å². The third-order valence-electron chi connectivity index (χ3n) is 11.4. The molecule has 3 nitrogen and oxygen atoms in total. The van der Waals surface area contributed by atoms with E-state index in [2.05, 4.69) is 27.7 Å². The Hall–Kier alpha value is -0.570. The molecule has 0 aromatic heterocycles. The molecule has 10 unspecified atom stereocenters. The normalized spacial score (nSPS) is 47.8. The molecule has 4 saturated carbocycles. The molecule has 0 spiro atoms. The van der Waals surface area contributed by atoms with Crippen molar-refractivity contribution in [1.82, 2.24) is 0 Å². The van der Waals surface area contributed by atoms with Gasteiger partial charge in [-0.2, -0.15) is 0 Å². The molecule has 5 fully saturated rings. The van der Waals surface area contributed by atoms with Gasteiger partial charge in [0.25, 0.3) is 0 Å². The zero-order chi connectivity index (χ0) is 22.7. The molecule has 3 heteroatoms. The lowest BCUT2D eigenvalue weighted by atomic mass is 9.44. The molecule has 1 aliphatic heterocycles. The van der Waals surface area contributed by atoms with Gasteiger partial charge in [-0.15, -0.1) is 0 Å². The first-order chi connectivity index (χ1) is 15.2. The molecule has 4 aliphatic carbocycles. The van der Waals surface area contributed by atoms with Gasteiger partial charge in [0.15, 0.2) is 0 Å². The maximum Gasteiger partial charge on any atom is 0.302 e. The Kier molecular flexibility index (Phi) is 6.22. The van der Waals surface area contributed by atoms with Crippen LogP contribution in [0.15, 0.2) is 0 Å². The number of epoxide rings is 1. The van der Waals surface area contributed by atoms with Crippen LogP contribution in [0.25, 0.3) is 0 Å². The Morgan fingerprint density at radius 1 is 1.03 bits per heavy atom. The zero-order valence-corrected chi connectivity index (χ0v) is 21.4. The minimum atomic E-state index is -0.101. The molecule has 32 heavy (non-hydrogen) atoms. The number of ether oxygens (including phenoxy) is 2. The average molecular weight is 445 g/mol. The number of esters is 1. The molecule has 0 N–H and O–H groups in total. The maximum atomic E-state index is 11.8. The minimum absolute atomic E-state index is 0.101. The van der Waals surface area contributed by atoms with Crippen molar-refractivity contribution < 1.29 is 14.3 Å². The Morgan fingerprint density at radius 3 is 2.59 bits per heavy atom. The highest BCUT2D eigenvalue weighted by Gasteiger charge is 2.65. The van der Waals surface area contributed by atoms with Gasteiger partial charge in [0.05, 0.1) is 18.8 Å². The quantitative estimate of drug-likeness (QED) is 0.312. The lowest BCUT2D eigenvalue weighted by Crippen LogP contribution is -2.57. The van der Waals surface area contributed by atoms with E-state index in [1.165, 1.54) is 64.2 Å². The van der Waals surface area contributed by atoms with Crippen LogP contribution < -0.4 is 0 Å². The van der Waals surface area contributed by atoms with Crippen LogP contribution in [-0.4, -0.2) is 24.8 Å². The number of hydrogen-bond acceptors (Lipinski definition) is 3. The second-order valence-corrected chi connectivity index (χ2v) is 13.3. The fourth-order valence-electron chi connectivity index (χ4n) is 9.82. The van der Waals surface area contributed by atoms with Gasteiger partial charge in [-0.25, -0.2) is 0 Å². The van der Waals surface area contributed by atoms with E-state index in [4.69, 9.17) is 9.47 Å². The molecule has 1 heterocycles. The van der Waals surface area contributed by atoms with E-state index in [0.29, 0.717) is 30.1 Å². The molecule has 0 bridgehead atoms. The molecule has 0 aromatic rings. The number of fused-ring (bicyclic) bond motifs is 6. The minimum Gasteiger partial charge on any atom is -0.465 e. The monoisotopic (exact) mass is 444 g/mol. The summed E-state index contributed by atoms with van der Waals surface area (Å²) in [5, 5.41) is 0. The van der Waals surface area contributed by atoms with Gasteiger partial charge < -0.3 is 9.47 Å². The lowest BCUT2D eigenvalue weighted by Gasteiger charge is -2.61. The predicted octanol–water partition coefficient (Wildman–Crippen LogP) is 7.03. The van der Waals surface area contributed by atoms with Crippen LogP contribution in [-0.2, 0) is 14.3 Å². The van der Waals surface area contributed by atoms with Crippen LogP contribution in [0.2, 0.25) is 0 Å². The van der Waals surface area contributed by atoms with Gasteiger partial charge in [0, 0.05) is 12.3 Å². The molecule has 10 atom stereocenters. The summed E-state index contributed by atoms with van der Waals surface area (Å²) in [6.07, 6.45) is 15.9. The summed E-state index contributed by atoms with van der Waals surface area (Å²) >= 11 is 0. The highest BCUT2D eigenvalue weighted by atomic mass is 16.6. The largest absolute Gasteiger partial charge is 0.465 e. The molecule has 1 saturated heterocycles. The Balaban J connectivity index is 1.34. The highest BCUT2D eigenvalue weighted by Crippen LogP contribution is 2.69. The van der Waals surface area contributed by atoms with Gasteiger partial charge in [0.1, 0.15) is 0 Å². The van der Waals surface area contributed by atoms with Crippen molar-refractivity contribution in [2.45, 2.75) is 117 Å². The van der Waals surface area contributed by atoms with Crippen molar-refractivity contribution in [3.63, 3.8) is 0 Å². The third-order valence-corrected chi connectivity index (χ3v) is 11.4. The molecule has 5 aliphatic rings. The van der Waals surface area contributed by atoms with E-state index >= 15 is 0 Å². The SMILES string of the molecule is CC(=O)OCC12CC3OC3CC1CCC1C3CCC(C(C)CCCC(C)C)C3(C)CCC12. The first-order valence-electron chi connectivity index (χ1n) is 14.0. The Labute approximate surface area is 196 Å². The predicted molar refractivity (Wildman–Crippen MR) is 128 cm³/mol. The Morgan fingerprint density at radius 2 is 1.84 bits per heavy atom. The summed E-state index contributed by atoms with van der Waals surface area (Å²) in [6.45, 7) is 12.2. The summed E-state index contributed by atoms with van der Waals surface area (Å²) in [4.78, 5) is 11.8. The van der Waals surface area contributed by atoms with E-state index in [9.17, 15) is 4.79 Å². The van der Waals surface area contributed by atoms with Crippen LogP contribution >= 0.6 is 0 Å². The van der Waals surface area contributed by atoms with Gasteiger partial charge >= 0.3 is 5.97 Å². The fourth-order valence-corrected chi connectivity index (χ4v) is 9.82. The van der Waals surface area contributed by atoms with Crippen LogP contribution in [0.3, 0.4) is 0 Å². The Bertz CT molecular complexity index is 703. The number of carbonyl (C=O) groups excluding carboxylic acids is 1. The fraction of sp³-hybridized carbons (Fsp3) is 0.966.